The molecular weight excluding hydrogens is 353 g/mol. The van der Waals surface area contributed by atoms with Crippen molar-refractivity contribution in [3.05, 3.63) is 47.2 Å². The van der Waals surface area contributed by atoms with Gasteiger partial charge in [0.05, 0.1) is 6.61 Å². The Bertz CT molecular complexity index is 573. The number of halogens is 2. The second kappa shape index (κ2) is 11.5. The Balaban J connectivity index is 0.00000264. The minimum absolute atomic E-state index is 0. The highest BCUT2D eigenvalue weighted by atomic mass is 35.5. The molecule has 0 aliphatic carbocycles. The van der Waals surface area contributed by atoms with E-state index in [0.29, 0.717) is 6.61 Å². The van der Waals surface area contributed by atoms with Crippen LogP contribution in [0.4, 0.5) is 0 Å². The van der Waals surface area contributed by atoms with Crippen LogP contribution in [0.2, 0.25) is 5.02 Å². The SMILES string of the molecule is CCOc1ccc(Cl)cc1CNCCCSc1ncccn1.Cl. The van der Waals surface area contributed by atoms with Crippen LogP contribution in [0.25, 0.3) is 0 Å². The van der Waals surface area contributed by atoms with Gasteiger partial charge in [-0.15, -0.1) is 12.4 Å². The van der Waals surface area contributed by atoms with Crippen molar-refractivity contribution in [2.45, 2.75) is 25.0 Å². The molecule has 0 amide bonds. The molecule has 2 rings (SSSR count). The standard InChI is InChI=1S/C16H20ClN3OS.ClH/c1-2-21-15-6-5-14(17)11-13(15)12-18-7-4-10-22-16-19-8-3-9-20-16;/h3,5-6,8-9,11,18H,2,4,7,10,12H2,1H3;1H. The van der Waals surface area contributed by atoms with E-state index >= 15 is 0 Å². The second-order valence-corrected chi connectivity index (χ2v) is 6.09. The second-order valence-electron chi connectivity index (χ2n) is 4.60. The van der Waals surface area contributed by atoms with Gasteiger partial charge >= 0.3 is 0 Å². The lowest BCUT2D eigenvalue weighted by molar-refractivity contribution is 0.335. The van der Waals surface area contributed by atoms with E-state index in [9.17, 15) is 0 Å². The van der Waals surface area contributed by atoms with Crippen molar-refractivity contribution in [3.63, 3.8) is 0 Å². The van der Waals surface area contributed by atoms with Crippen molar-refractivity contribution in [2.24, 2.45) is 0 Å². The first kappa shape index (κ1) is 20.0. The van der Waals surface area contributed by atoms with E-state index in [1.807, 2.05) is 31.2 Å². The monoisotopic (exact) mass is 373 g/mol. The molecule has 0 bridgehead atoms. The molecular formula is C16H21Cl2N3OS. The van der Waals surface area contributed by atoms with E-state index in [2.05, 4.69) is 15.3 Å². The van der Waals surface area contributed by atoms with Gasteiger partial charge in [-0.1, -0.05) is 23.4 Å². The quantitative estimate of drug-likeness (QED) is 0.405. The van der Waals surface area contributed by atoms with Gasteiger partial charge in [-0.2, -0.15) is 0 Å². The molecule has 23 heavy (non-hydrogen) atoms. The molecule has 1 aromatic heterocycles. The summed E-state index contributed by atoms with van der Waals surface area (Å²) in [5.74, 6) is 1.89. The molecule has 1 N–H and O–H groups in total. The van der Waals surface area contributed by atoms with Crippen LogP contribution >= 0.6 is 35.8 Å². The summed E-state index contributed by atoms with van der Waals surface area (Å²) >= 11 is 7.72. The summed E-state index contributed by atoms with van der Waals surface area (Å²) < 4.78 is 5.61. The van der Waals surface area contributed by atoms with Gasteiger partial charge in [0.1, 0.15) is 5.75 Å². The van der Waals surface area contributed by atoms with Crippen LogP contribution in [-0.4, -0.2) is 28.9 Å². The molecule has 1 heterocycles. The zero-order valence-corrected chi connectivity index (χ0v) is 15.4. The maximum atomic E-state index is 6.05. The summed E-state index contributed by atoms with van der Waals surface area (Å²) in [6, 6.07) is 7.55. The molecule has 1 aromatic carbocycles. The molecule has 0 atom stereocenters. The van der Waals surface area contributed by atoms with Gasteiger partial charge < -0.3 is 10.1 Å². The number of hydrogen-bond acceptors (Lipinski definition) is 5. The van der Waals surface area contributed by atoms with Crippen molar-refractivity contribution in [1.29, 1.82) is 0 Å². The number of benzene rings is 1. The minimum Gasteiger partial charge on any atom is -0.494 e. The largest absolute Gasteiger partial charge is 0.494 e. The fourth-order valence-electron chi connectivity index (χ4n) is 1.93. The van der Waals surface area contributed by atoms with Gasteiger partial charge in [0.2, 0.25) is 0 Å². The predicted molar refractivity (Wildman–Crippen MR) is 98.9 cm³/mol. The van der Waals surface area contributed by atoms with Gasteiger partial charge in [-0.3, -0.25) is 0 Å². The van der Waals surface area contributed by atoms with Gasteiger partial charge in [-0.05, 0) is 44.2 Å². The van der Waals surface area contributed by atoms with Crippen LogP contribution in [0.1, 0.15) is 18.9 Å². The summed E-state index contributed by atoms with van der Waals surface area (Å²) in [6.45, 7) is 4.32. The Morgan fingerprint density at radius 1 is 1.26 bits per heavy atom. The van der Waals surface area contributed by atoms with Gasteiger partial charge in [0.25, 0.3) is 0 Å². The molecule has 0 aliphatic heterocycles. The van der Waals surface area contributed by atoms with Crippen LogP contribution < -0.4 is 10.1 Å². The predicted octanol–water partition coefficient (Wildman–Crippen LogP) is 4.22. The fourth-order valence-corrected chi connectivity index (χ4v) is 2.86. The average molecular weight is 374 g/mol. The van der Waals surface area contributed by atoms with Gasteiger partial charge in [0, 0.05) is 35.3 Å². The highest BCUT2D eigenvalue weighted by Crippen LogP contribution is 2.22. The van der Waals surface area contributed by atoms with E-state index in [0.717, 1.165) is 46.8 Å². The Morgan fingerprint density at radius 2 is 2.04 bits per heavy atom. The third-order valence-electron chi connectivity index (χ3n) is 2.91. The normalized spacial score (nSPS) is 10.2. The Hall–Kier alpha value is -1.01. The van der Waals surface area contributed by atoms with Gasteiger partial charge in [0.15, 0.2) is 5.16 Å². The number of thioether (sulfide) groups is 1. The third-order valence-corrected chi connectivity index (χ3v) is 4.11. The van der Waals surface area contributed by atoms with Crippen molar-refractivity contribution in [1.82, 2.24) is 15.3 Å². The maximum absolute atomic E-state index is 6.05. The molecule has 0 unspecified atom stereocenters. The van der Waals surface area contributed by atoms with Crippen LogP contribution in [0.5, 0.6) is 5.75 Å². The maximum Gasteiger partial charge on any atom is 0.187 e. The smallest absolute Gasteiger partial charge is 0.187 e. The number of rotatable bonds is 9. The summed E-state index contributed by atoms with van der Waals surface area (Å²) in [5, 5.41) is 4.98. The van der Waals surface area contributed by atoms with Crippen LogP contribution in [0, 0.1) is 0 Å². The molecule has 2 aromatic rings. The third kappa shape index (κ3) is 7.40. The fraction of sp³-hybridized carbons (Fsp3) is 0.375. The number of nitrogens with one attached hydrogen (secondary N) is 1. The Morgan fingerprint density at radius 3 is 2.78 bits per heavy atom. The number of ether oxygens (including phenoxy) is 1. The summed E-state index contributed by atoms with van der Waals surface area (Å²) in [7, 11) is 0. The summed E-state index contributed by atoms with van der Waals surface area (Å²) in [5.41, 5.74) is 1.09. The molecule has 0 saturated heterocycles. The first-order valence-electron chi connectivity index (χ1n) is 7.31. The van der Waals surface area contributed by atoms with Crippen molar-refractivity contribution in [2.75, 3.05) is 18.9 Å². The van der Waals surface area contributed by atoms with E-state index in [1.165, 1.54) is 0 Å². The number of hydrogen-bond donors (Lipinski definition) is 1. The minimum atomic E-state index is 0. The van der Waals surface area contributed by atoms with E-state index in [4.69, 9.17) is 16.3 Å². The molecule has 0 aliphatic rings. The van der Waals surface area contributed by atoms with E-state index < -0.39 is 0 Å². The Labute approximate surface area is 152 Å². The average Bonchev–Trinajstić information content (AvgIpc) is 2.54. The van der Waals surface area contributed by atoms with Gasteiger partial charge in [-0.25, -0.2) is 9.97 Å². The molecule has 0 spiro atoms. The van der Waals surface area contributed by atoms with Crippen molar-refractivity contribution in [3.8, 4) is 5.75 Å². The molecule has 0 saturated carbocycles. The van der Waals surface area contributed by atoms with Crippen molar-refractivity contribution < 1.29 is 4.74 Å². The first-order valence-corrected chi connectivity index (χ1v) is 8.67. The van der Waals surface area contributed by atoms with Crippen LogP contribution in [0.15, 0.2) is 41.8 Å². The first-order chi connectivity index (χ1) is 10.8. The van der Waals surface area contributed by atoms with E-state index in [1.54, 1.807) is 24.2 Å². The number of aromatic nitrogens is 2. The highest BCUT2D eigenvalue weighted by molar-refractivity contribution is 7.99. The lowest BCUT2D eigenvalue weighted by Crippen LogP contribution is -2.16. The zero-order valence-electron chi connectivity index (χ0n) is 13.0. The molecule has 0 fully saturated rings. The highest BCUT2D eigenvalue weighted by Gasteiger charge is 2.04. The number of nitrogens with zero attached hydrogens (tertiary/aromatic N) is 2. The van der Waals surface area contributed by atoms with E-state index in [-0.39, 0.29) is 12.4 Å². The Kier molecular flexibility index (Phi) is 10.0. The molecule has 4 nitrogen and oxygen atoms in total. The molecule has 7 heteroatoms. The zero-order chi connectivity index (χ0) is 15.6. The van der Waals surface area contributed by atoms with Crippen LogP contribution in [0.3, 0.4) is 0 Å². The lowest BCUT2D eigenvalue weighted by atomic mass is 10.2. The lowest BCUT2D eigenvalue weighted by Gasteiger charge is -2.11. The topological polar surface area (TPSA) is 47.0 Å². The molecule has 126 valence electrons. The van der Waals surface area contributed by atoms with Crippen LogP contribution in [-0.2, 0) is 6.54 Å². The molecule has 0 radical (unpaired) electrons. The summed E-state index contributed by atoms with van der Waals surface area (Å²) in [4.78, 5) is 8.37. The van der Waals surface area contributed by atoms with Crippen molar-refractivity contribution >= 4 is 35.8 Å². The summed E-state index contributed by atoms with van der Waals surface area (Å²) in [6.07, 6.45) is 4.58.